The number of aliphatic hydroxyl groups is 1. The number of unbranched alkanes of at least 4 members (excludes halogenated alkanes) is 3. The quantitative estimate of drug-likeness (QED) is 0.0153. The molecule has 1 aromatic carbocycles. The number of fused-ring (bicyclic) bond motifs is 2. The molecule has 0 aliphatic carbocycles. The van der Waals surface area contributed by atoms with Crippen molar-refractivity contribution in [2.24, 2.45) is 51.0 Å². The lowest BCUT2D eigenvalue weighted by molar-refractivity contribution is -0.144. The van der Waals surface area contributed by atoms with Crippen molar-refractivity contribution < 1.29 is 117 Å². The Morgan fingerprint density at radius 1 is 0.434 bits per heavy atom. The number of rotatable bonds is 29. The molecule has 15 amide bonds. The Bertz CT molecular complexity index is 3850. The van der Waals surface area contributed by atoms with E-state index in [4.69, 9.17) is 40.1 Å². The van der Waals surface area contributed by atoms with E-state index in [-0.39, 0.29) is 147 Å². The lowest BCUT2D eigenvalue weighted by Crippen LogP contribution is -2.62. The lowest BCUT2D eigenvalue weighted by Gasteiger charge is -2.32. The van der Waals surface area contributed by atoms with E-state index in [1.54, 1.807) is 30.3 Å². The molecule has 122 heavy (non-hydrogen) atoms. The van der Waals surface area contributed by atoms with Gasteiger partial charge in [0.2, 0.25) is 88.6 Å². The van der Waals surface area contributed by atoms with Crippen LogP contribution in [0.2, 0.25) is 0 Å². The van der Waals surface area contributed by atoms with Crippen LogP contribution >= 0.6 is 21.6 Å². The highest BCUT2D eigenvalue weighted by Crippen LogP contribution is 2.27. The van der Waals surface area contributed by atoms with E-state index in [1.807, 2.05) is 0 Å². The van der Waals surface area contributed by atoms with Gasteiger partial charge in [0.25, 0.3) is 0 Å². The molecule has 0 aromatic heterocycles. The van der Waals surface area contributed by atoms with Gasteiger partial charge in [0.05, 0.1) is 37.8 Å². The second-order valence-corrected chi connectivity index (χ2v) is 32.5. The first-order valence-electron chi connectivity index (χ1n) is 40.0. The van der Waals surface area contributed by atoms with Crippen LogP contribution in [0.1, 0.15) is 148 Å². The van der Waals surface area contributed by atoms with Gasteiger partial charge < -0.3 is 139 Å². The summed E-state index contributed by atoms with van der Waals surface area (Å²) in [6.07, 6.45) is -6.14. The summed E-state index contributed by atoms with van der Waals surface area (Å²) in [5, 5.41) is 80.2. The van der Waals surface area contributed by atoms with Gasteiger partial charge in [0, 0.05) is 37.6 Å². The summed E-state index contributed by atoms with van der Waals surface area (Å²) in [5.74, 6) is -25.7. The number of guanidine groups is 1. The molecule has 48 heteroatoms. The highest BCUT2D eigenvalue weighted by molar-refractivity contribution is 8.76. The van der Waals surface area contributed by atoms with Crippen molar-refractivity contribution in [2.75, 3.05) is 50.8 Å². The SMILES string of the molecule is CC(C)[C@@H]1NC(=O)[C@@H]2CCCN2C(=O)[C@H](CCCCN)NC(=O)[C@H](CCCN=C(N)N)NC(=O)[C@H]([C@@H](C)O)NC(=O)[C@H](CC(N)=O)NC(=O)[C@H](CC(=O)O)NC(=O)[C@@H]2CCCN2C(=O)[C@@H](N)CSSC[C@@H](C(=O)O)NC(=O)[C@H](CC(=O)O)NC(=O)[C@H](CCCCN)NC(=O)[C@H](Cc2ccccc2)NC(=O)[C@H](CCCCN)NC(=O)[C@H](CC(=O)O)NC1=O. The van der Waals surface area contributed by atoms with Crippen LogP contribution in [0.15, 0.2) is 35.3 Å². The molecule has 31 N–H and O–H groups in total. The van der Waals surface area contributed by atoms with E-state index in [0.717, 1.165) is 38.3 Å². The summed E-state index contributed by atoms with van der Waals surface area (Å²) in [6.45, 7) is 3.95. The fourth-order valence-electron chi connectivity index (χ4n) is 13.3. The van der Waals surface area contributed by atoms with Crippen LogP contribution in [-0.4, -0.2) is 301 Å². The number of hydrogen-bond donors (Lipinski definition) is 24. The Morgan fingerprint density at radius 2 is 0.795 bits per heavy atom. The average Bonchev–Trinajstić information content (AvgIpc) is 1.62. The number of amides is 15. The molecule has 46 nitrogen and oxygen atoms in total. The summed E-state index contributed by atoms with van der Waals surface area (Å²) in [6, 6.07) is -17.9. The summed E-state index contributed by atoms with van der Waals surface area (Å²) < 4.78 is 0. The molecular formula is C74H118N22O24S2. The van der Waals surface area contributed by atoms with Gasteiger partial charge in [-0.1, -0.05) is 65.8 Å². The molecule has 0 bridgehead atoms. The summed E-state index contributed by atoms with van der Waals surface area (Å²) in [4.78, 5) is 271. The molecule has 3 aliphatic heterocycles. The van der Waals surface area contributed by atoms with Crippen LogP contribution in [0.3, 0.4) is 0 Å². The molecule has 0 radical (unpaired) electrons. The molecule has 3 heterocycles. The monoisotopic (exact) mass is 1760 g/mol. The van der Waals surface area contributed by atoms with E-state index in [1.165, 1.54) is 13.8 Å². The Labute approximate surface area is 710 Å². The number of aliphatic carboxylic acids is 4. The van der Waals surface area contributed by atoms with E-state index in [2.05, 4.69) is 68.8 Å². The molecule has 4 rings (SSSR count). The number of primary amides is 1. The van der Waals surface area contributed by atoms with Gasteiger partial charge in [-0.2, -0.15) is 0 Å². The van der Waals surface area contributed by atoms with Crippen LogP contribution < -0.4 is 104 Å². The van der Waals surface area contributed by atoms with E-state index >= 15 is 0 Å². The van der Waals surface area contributed by atoms with Crippen molar-refractivity contribution in [1.82, 2.24) is 73.6 Å². The van der Waals surface area contributed by atoms with E-state index in [9.17, 15) is 117 Å². The van der Waals surface area contributed by atoms with Crippen LogP contribution in [-0.2, 0) is 97.5 Å². The largest absolute Gasteiger partial charge is 0.481 e. The van der Waals surface area contributed by atoms with Crippen molar-refractivity contribution in [1.29, 1.82) is 0 Å². The Hall–Kier alpha value is -11.1. The van der Waals surface area contributed by atoms with Crippen molar-refractivity contribution in [3.63, 3.8) is 0 Å². The molecule has 680 valence electrons. The van der Waals surface area contributed by atoms with Gasteiger partial charge in [-0.25, -0.2) is 4.79 Å². The first-order chi connectivity index (χ1) is 57.7. The highest BCUT2D eigenvalue weighted by Gasteiger charge is 2.44. The minimum absolute atomic E-state index is 0.0204. The third-order valence-electron chi connectivity index (χ3n) is 19.8. The molecule has 0 saturated carbocycles. The van der Waals surface area contributed by atoms with Crippen LogP contribution in [0.25, 0.3) is 0 Å². The fourth-order valence-corrected chi connectivity index (χ4v) is 15.6. The maximum absolute atomic E-state index is 15.0. The molecular weight excluding hydrogens is 1650 g/mol. The maximum atomic E-state index is 15.0. The second kappa shape index (κ2) is 53.0. The van der Waals surface area contributed by atoms with Gasteiger partial charge in [-0.3, -0.25) is 91.3 Å². The normalized spacial score (nSPS) is 26.2. The molecule has 3 aliphatic rings. The van der Waals surface area contributed by atoms with Gasteiger partial charge in [-0.05, 0) is 134 Å². The van der Waals surface area contributed by atoms with Crippen molar-refractivity contribution in [2.45, 2.75) is 246 Å². The van der Waals surface area contributed by atoms with Crippen molar-refractivity contribution >= 4 is 140 Å². The van der Waals surface area contributed by atoms with Gasteiger partial charge in [-0.15, -0.1) is 0 Å². The standard InChI is InChI=1S/C74H118N22O24S2/c1-37(2)57-69(115)91-49(34-56(103)104)63(109)84-41(18-7-10-24-75)60(106)87-45(30-39-16-5-4-6-17-39)62(108)83-42(19-8-11-25-76)61(107)89-47(32-54(99)100)65(111)92-50(73(119)120)36-122-121-35-40(78)71(117)95-28-14-22-51(95)67(113)90-48(33-55(101)102)64(110)88-46(31-53(79)98)66(112)94-58(38(3)97)70(116)85-43(21-13-27-82-74(80)81)59(105)86-44(20-9-12-26-77)72(118)96-29-15-23-52(96)68(114)93-57/h4-6,16-17,37-38,40-52,57-58,97H,7-15,18-36,75-78H2,1-3H3,(H2,79,98)(H,83,108)(H,84,109)(H,85,116)(H,86,105)(H,87,106)(H,88,110)(H,89,107)(H,90,113)(H,91,115)(H,92,111)(H,93,114)(H,94,112)(H,99,100)(H,101,102)(H,103,104)(H,119,120)(H4,80,81,82)/t38-,40+,41+,42+,43+,44+,45+,46+,47+,48+,49+,50+,51+,52+,57+,58+/m1/s1. The second-order valence-electron chi connectivity index (χ2n) is 29.9. The van der Waals surface area contributed by atoms with Crippen LogP contribution in [0.5, 0.6) is 0 Å². The van der Waals surface area contributed by atoms with Gasteiger partial charge in [0.15, 0.2) is 5.96 Å². The molecule has 0 unspecified atom stereocenters. The van der Waals surface area contributed by atoms with Gasteiger partial charge in [0.1, 0.15) is 84.6 Å². The fraction of sp³-hybridized carbons (Fsp3) is 0.649. The van der Waals surface area contributed by atoms with Crippen LogP contribution in [0, 0.1) is 5.92 Å². The smallest absolute Gasteiger partial charge is 0.327 e. The van der Waals surface area contributed by atoms with Crippen LogP contribution in [0.4, 0.5) is 0 Å². The number of nitrogens with zero attached hydrogens (tertiary/aromatic N) is 3. The number of benzene rings is 1. The number of carboxylic acid groups (broad SMARTS) is 4. The summed E-state index contributed by atoms with van der Waals surface area (Å²) in [5.41, 5.74) is 40.8. The Kier molecular flexibility index (Phi) is 44.8. The number of nitrogens with two attached hydrogens (primary N) is 7. The maximum Gasteiger partial charge on any atom is 0.327 e. The summed E-state index contributed by atoms with van der Waals surface area (Å²) in [7, 11) is 1.58. The summed E-state index contributed by atoms with van der Waals surface area (Å²) >= 11 is 0. The third kappa shape index (κ3) is 35.2. The number of aliphatic imine (C=N–C) groups is 1. The van der Waals surface area contributed by atoms with E-state index in [0.29, 0.717) is 12.0 Å². The zero-order chi connectivity index (χ0) is 91.0. The number of nitrogens with one attached hydrogen (secondary N) is 12. The Morgan fingerprint density at radius 3 is 1.25 bits per heavy atom. The predicted octanol–water partition coefficient (Wildman–Crippen LogP) is -8.39. The first kappa shape index (κ1) is 103. The molecule has 0 spiro atoms. The Balaban J connectivity index is 1.86. The molecule has 16 atom stereocenters. The first-order valence-corrected chi connectivity index (χ1v) is 42.5. The minimum Gasteiger partial charge on any atom is -0.481 e. The van der Waals surface area contributed by atoms with Crippen molar-refractivity contribution in [3.05, 3.63) is 35.9 Å². The number of carboxylic acids is 4. The van der Waals surface area contributed by atoms with Crippen molar-refractivity contribution in [3.8, 4) is 0 Å². The number of carbonyl (C=O) groups excluding carboxylic acids is 15. The highest BCUT2D eigenvalue weighted by atomic mass is 33.1. The topological polar surface area (TPSA) is 771 Å². The number of hydrogen-bond acceptors (Lipinski definition) is 27. The van der Waals surface area contributed by atoms with Gasteiger partial charge >= 0.3 is 23.9 Å². The minimum atomic E-state index is -2.10. The zero-order valence-corrected chi connectivity index (χ0v) is 69.8. The van der Waals surface area contributed by atoms with E-state index < -0.39 is 247 Å². The number of aliphatic hydroxyl groups excluding tert-OH is 1. The molecule has 3 saturated heterocycles. The predicted molar refractivity (Wildman–Crippen MR) is 439 cm³/mol. The average molecular weight is 1760 g/mol. The molecule has 3 fully saturated rings. The zero-order valence-electron chi connectivity index (χ0n) is 68.2. The number of carbonyl (C=O) groups is 19. The third-order valence-corrected chi connectivity index (χ3v) is 22.2. The lowest BCUT2D eigenvalue weighted by atomic mass is 10.0. The molecule has 1 aromatic rings.